The molecule has 8 nitrogen and oxygen atoms in total. The van der Waals surface area contributed by atoms with Gasteiger partial charge in [-0.3, -0.25) is 19.8 Å². The zero-order chi connectivity index (χ0) is 17.9. The summed E-state index contributed by atoms with van der Waals surface area (Å²) < 4.78 is 4.74. The van der Waals surface area contributed by atoms with Crippen molar-refractivity contribution in [1.82, 2.24) is 5.32 Å². The summed E-state index contributed by atoms with van der Waals surface area (Å²) in [7, 11) is 0. The van der Waals surface area contributed by atoms with Crippen molar-refractivity contribution in [2.45, 2.75) is 26.2 Å². The Morgan fingerprint density at radius 3 is 2.29 bits per heavy atom. The molecule has 0 fully saturated rings. The molecule has 0 aliphatic carbocycles. The predicted molar refractivity (Wildman–Crippen MR) is 89.6 cm³/mol. The molecule has 2 amide bonds. The summed E-state index contributed by atoms with van der Waals surface area (Å²) in [6.07, 6.45) is 0.161. The number of hydrogen-bond donors (Lipinski definition) is 4. The largest absolute Gasteiger partial charge is 0.466 e. The lowest BCUT2D eigenvalue weighted by atomic mass is 10.2. The van der Waals surface area contributed by atoms with Gasteiger partial charge in [-0.2, -0.15) is 0 Å². The van der Waals surface area contributed by atoms with Crippen molar-refractivity contribution in [1.29, 1.82) is 5.41 Å². The van der Waals surface area contributed by atoms with E-state index in [1.807, 2.05) is 0 Å². The number of rotatable bonds is 9. The Labute approximate surface area is 140 Å². The van der Waals surface area contributed by atoms with Gasteiger partial charge in [0.1, 0.15) is 5.84 Å². The van der Waals surface area contributed by atoms with Crippen molar-refractivity contribution in [3.63, 3.8) is 0 Å². The first-order valence-corrected chi connectivity index (χ1v) is 7.59. The van der Waals surface area contributed by atoms with Crippen LogP contribution in [-0.2, 0) is 19.1 Å². The number of hydrogen-bond acceptors (Lipinski definition) is 5. The average molecular weight is 334 g/mol. The maximum absolute atomic E-state index is 11.8. The highest BCUT2D eigenvalue weighted by Gasteiger charge is 2.08. The molecule has 8 heteroatoms. The Bertz CT molecular complexity index is 599. The van der Waals surface area contributed by atoms with Crippen LogP contribution in [0.25, 0.3) is 0 Å². The highest BCUT2D eigenvalue weighted by atomic mass is 16.5. The molecule has 0 radical (unpaired) electrons. The first-order valence-electron chi connectivity index (χ1n) is 7.59. The van der Waals surface area contributed by atoms with E-state index in [0.717, 1.165) is 0 Å². The van der Waals surface area contributed by atoms with Crippen molar-refractivity contribution < 1.29 is 19.1 Å². The molecule has 0 aliphatic rings. The van der Waals surface area contributed by atoms with Gasteiger partial charge >= 0.3 is 5.97 Å². The fourth-order valence-corrected chi connectivity index (χ4v) is 1.81. The van der Waals surface area contributed by atoms with E-state index in [1.165, 1.54) is 0 Å². The standard InChI is InChI=1S/C16H22N4O4/c1-2-24-15(23)9-10-19-13(21)7-8-14(22)20-12-5-3-11(4-6-12)16(17)18/h3-6H,2,7-10H2,1H3,(H3,17,18)(H,19,21)(H,20,22). The summed E-state index contributed by atoms with van der Waals surface area (Å²) >= 11 is 0. The Morgan fingerprint density at radius 1 is 1.08 bits per heavy atom. The smallest absolute Gasteiger partial charge is 0.307 e. The molecule has 1 aromatic rings. The molecule has 5 N–H and O–H groups in total. The first-order chi connectivity index (χ1) is 11.4. The molecule has 0 saturated heterocycles. The molecule has 0 spiro atoms. The minimum Gasteiger partial charge on any atom is -0.466 e. The molecule has 1 aromatic carbocycles. The molecule has 0 saturated carbocycles. The fourth-order valence-electron chi connectivity index (χ4n) is 1.81. The van der Waals surface area contributed by atoms with Gasteiger partial charge in [-0.05, 0) is 31.2 Å². The molecular weight excluding hydrogens is 312 g/mol. The van der Waals surface area contributed by atoms with E-state index in [1.54, 1.807) is 31.2 Å². The van der Waals surface area contributed by atoms with Crippen molar-refractivity contribution in [2.75, 3.05) is 18.5 Å². The number of nitrogens with one attached hydrogen (secondary N) is 3. The van der Waals surface area contributed by atoms with Crippen molar-refractivity contribution in [3.8, 4) is 0 Å². The van der Waals surface area contributed by atoms with Gasteiger partial charge < -0.3 is 21.1 Å². The van der Waals surface area contributed by atoms with E-state index in [9.17, 15) is 14.4 Å². The number of amidine groups is 1. The monoisotopic (exact) mass is 334 g/mol. The second-order valence-electron chi connectivity index (χ2n) is 4.94. The first kappa shape index (κ1) is 19.1. The molecule has 1 rings (SSSR count). The number of amides is 2. The minimum absolute atomic E-state index is 0.0275. The van der Waals surface area contributed by atoms with Crippen LogP contribution in [0.1, 0.15) is 31.7 Å². The van der Waals surface area contributed by atoms with Crippen LogP contribution in [0.5, 0.6) is 0 Å². The van der Waals surface area contributed by atoms with Gasteiger partial charge in [-0.15, -0.1) is 0 Å². The predicted octanol–water partition coefficient (Wildman–Crippen LogP) is 0.759. The summed E-state index contributed by atoms with van der Waals surface area (Å²) in [4.78, 5) is 34.5. The third-order valence-corrected chi connectivity index (χ3v) is 3.02. The molecule has 24 heavy (non-hydrogen) atoms. The number of nitrogen functional groups attached to an aromatic ring is 1. The summed E-state index contributed by atoms with van der Waals surface area (Å²) in [6.45, 7) is 2.20. The zero-order valence-corrected chi connectivity index (χ0v) is 13.6. The SMILES string of the molecule is CCOC(=O)CCNC(=O)CCC(=O)Nc1ccc(C(=N)N)cc1. The third-order valence-electron chi connectivity index (χ3n) is 3.02. The Kier molecular flexibility index (Phi) is 7.97. The zero-order valence-electron chi connectivity index (χ0n) is 13.6. The summed E-state index contributed by atoms with van der Waals surface area (Å²) in [5.41, 5.74) is 6.47. The van der Waals surface area contributed by atoms with E-state index >= 15 is 0 Å². The van der Waals surface area contributed by atoms with E-state index in [0.29, 0.717) is 17.9 Å². The summed E-state index contributed by atoms with van der Waals surface area (Å²) in [6, 6.07) is 6.52. The van der Waals surface area contributed by atoms with E-state index in [4.69, 9.17) is 15.9 Å². The van der Waals surface area contributed by atoms with Crippen molar-refractivity contribution >= 4 is 29.3 Å². The maximum Gasteiger partial charge on any atom is 0.307 e. The van der Waals surface area contributed by atoms with Gasteiger partial charge in [0.25, 0.3) is 0 Å². The van der Waals surface area contributed by atoms with Crippen molar-refractivity contribution in [2.24, 2.45) is 5.73 Å². The molecule has 0 aliphatic heterocycles. The lowest BCUT2D eigenvalue weighted by Crippen LogP contribution is -2.27. The maximum atomic E-state index is 11.8. The second kappa shape index (κ2) is 9.98. The van der Waals surface area contributed by atoms with E-state index < -0.39 is 0 Å². The normalized spacial score (nSPS) is 9.88. The lowest BCUT2D eigenvalue weighted by molar-refractivity contribution is -0.143. The van der Waals surface area contributed by atoms with Crippen LogP contribution in [0.15, 0.2) is 24.3 Å². The Morgan fingerprint density at radius 2 is 1.71 bits per heavy atom. The number of esters is 1. The molecule has 0 unspecified atom stereocenters. The van der Waals surface area contributed by atoms with Gasteiger partial charge in [-0.1, -0.05) is 0 Å². The van der Waals surface area contributed by atoms with Crippen LogP contribution in [0.3, 0.4) is 0 Å². The highest BCUT2D eigenvalue weighted by molar-refractivity contribution is 5.96. The molecule has 0 aromatic heterocycles. The Balaban J connectivity index is 2.26. The fraction of sp³-hybridized carbons (Fsp3) is 0.375. The van der Waals surface area contributed by atoms with Gasteiger partial charge in [0.15, 0.2) is 0 Å². The number of anilines is 1. The summed E-state index contributed by atoms with van der Waals surface area (Å²) in [5, 5.41) is 12.5. The van der Waals surface area contributed by atoms with Gasteiger partial charge in [0, 0.05) is 30.6 Å². The van der Waals surface area contributed by atoms with Gasteiger partial charge in [-0.25, -0.2) is 0 Å². The van der Waals surface area contributed by atoms with Gasteiger partial charge in [0.2, 0.25) is 11.8 Å². The van der Waals surface area contributed by atoms with Crippen LogP contribution in [0.4, 0.5) is 5.69 Å². The van der Waals surface area contributed by atoms with Crippen LogP contribution in [0, 0.1) is 5.41 Å². The molecule has 0 heterocycles. The number of benzene rings is 1. The number of nitrogens with two attached hydrogens (primary N) is 1. The van der Waals surface area contributed by atoms with Crippen LogP contribution in [0.2, 0.25) is 0 Å². The quantitative estimate of drug-likeness (QED) is 0.300. The van der Waals surface area contributed by atoms with Crippen LogP contribution >= 0.6 is 0 Å². The third kappa shape index (κ3) is 7.39. The number of ether oxygens (including phenoxy) is 1. The number of carbonyl (C=O) groups excluding carboxylic acids is 3. The number of carbonyl (C=O) groups is 3. The average Bonchev–Trinajstić information content (AvgIpc) is 2.53. The van der Waals surface area contributed by atoms with Crippen LogP contribution < -0.4 is 16.4 Å². The Hall–Kier alpha value is -2.90. The van der Waals surface area contributed by atoms with E-state index in [2.05, 4.69) is 10.6 Å². The van der Waals surface area contributed by atoms with Gasteiger partial charge in [0.05, 0.1) is 13.0 Å². The topological polar surface area (TPSA) is 134 Å². The van der Waals surface area contributed by atoms with Crippen molar-refractivity contribution in [3.05, 3.63) is 29.8 Å². The molecule has 130 valence electrons. The van der Waals surface area contributed by atoms with E-state index in [-0.39, 0.29) is 49.4 Å². The molecule has 0 atom stereocenters. The van der Waals surface area contributed by atoms with Crippen LogP contribution in [-0.4, -0.2) is 36.8 Å². The molecular formula is C16H22N4O4. The second-order valence-corrected chi connectivity index (χ2v) is 4.94. The summed E-state index contributed by atoms with van der Waals surface area (Å²) in [5.74, 6) is -1.02. The molecule has 0 bridgehead atoms. The lowest BCUT2D eigenvalue weighted by Gasteiger charge is -2.07. The highest BCUT2D eigenvalue weighted by Crippen LogP contribution is 2.09. The minimum atomic E-state index is -0.371.